The Morgan fingerprint density at radius 3 is 2.50 bits per heavy atom. The van der Waals surface area contributed by atoms with Gasteiger partial charge in [0, 0.05) is 25.8 Å². The summed E-state index contributed by atoms with van der Waals surface area (Å²) in [4.78, 5) is 25.5. The zero-order chi connectivity index (χ0) is 24.1. The first-order valence-electron chi connectivity index (χ1n) is 10.8. The number of carbonyl (C=O) groups excluding carboxylic acids is 2. The Kier molecular flexibility index (Phi) is 7.30. The van der Waals surface area contributed by atoms with Crippen molar-refractivity contribution >= 4 is 44.5 Å². The van der Waals surface area contributed by atoms with Gasteiger partial charge in [0.25, 0.3) is 21.8 Å². The maximum Gasteiger partial charge on any atom is 0.273 e. The number of para-hydroxylation sites is 1. The molecule has 1 atom stereocenters. The van der Waals surface area contributed by atoms with Crippen molar-refractivity contribution in [3.8, 4) is 0 Å². The van der Waals surface area contributed by atoms with E-state index in [1.807, 2.05) is 0 Å². The second-order valence-corrected chi connectivity index (χ2v) is 10.9. The van der Waals surface area contributed by atoms with Crippen LogP contribution in [0.3, 0.4) is 0 Å². The third kappa shape index (κ3) is 5.30. The maximum absolute atomic E-state index is 12.8. The summed E-state index contributed by atoms with van der Waals surface area (Å²) in [6, 6.07) is 16.2. The molecule has 1 aliphatic heterocycles. The fourth-order valence-corrected chi connectivity index (χ4v) is 5.95. The molecule has 0 aliphatic carbocycles. The van der Waals surface area contributed by atoms with E-state index in [-0.39, 0.29) is 16.2 Å². The van der Waals surface area contributed by atoms with Crippen LogP contribution in [-0.4, -0.2) is 46.5 Å². The van der Waals surface area contributed by atoms with Crippen molar-refractivity contribution in [1.29, 1.82) is 0 Å². The molecule has 1 aromatic heterocycles. The van der Waals surface area contributed by atoms with Crippen LogP contribution < -0.4 is 14.9 Å². The van der Waals surface area contributed by atoms with Gasteiger partial charge in [-0.2, -0.15) is 0 Å². The highest BCUT2D eigenvalue weighted by Gasteiger charge is 2.23. The molecule has 0 unspecified atom stereocenters. The van der Waals surface area contributed by atoms with Gasteiger partial charge < -0.3 is 15.4 Å². The minimum atomic E-state index is -3.66. The predicted octanol–water partition coefficient (Wildman–Crippen LogP) is 3.73. The van der Waals surface area contributed by atoms with Gasteiger partial charge in [0.1, 0.15) is 4.21 Å². The average molecular weight is 500 g/mol. The lowest BCUT2D eigenvalue weighted by Crippen LogP contribution is -2.32. The molecule has 2 N–H and O–H groups in total. The van der Waals surface area contributed by atoms with Crippen LogP contribution in [0.4, 0.5) is 11.4 Å². The summed E-state index contributed by atoms with van der Waals surface area (Å²) in [6.45, 7) is 1.13. The molecule has 0 spiro atoms. The molecule has 2 aromatic carbocycles. The molecule has 3 aromatic rings. The van der Waals surface area contributed by atoms with Crippen molar-refractivity contribution in [1.82, 2.24) is 5.32 Å². The quantitative estimate of drug-likeness (QED) is 0.491. The normalized spacial score (nSPS) is 15.6. The summed E-state index contributed by atoms with van der Waals surface area (Å²) in [5, 5.41) is 7.34. The summed E-state index contributed by atoms with van der Waals surface area (Å²) in [6.07, 6.45) is 1.92. The minimum absolute atomic E-state index is 0.0194. The third-order valence-electron chi connectivity index (χ3n) is 5.54. The maximum atomic E-state index is 12.8. The second kappa shape index (κ2) is 10.4. The first-order chi connectivity index (χ1) is 16.4. The molecule has 2 heterocycles. The summed E-state index contributed by atoms with van der Waals surface area (Å²) in [5.41, 5.74) is 1.50. The molecule has 0 bridgehead atoms. The number of nitrogens with zero attached hydrogens (tertiary/aromatic N) is 1. The highest BCUT2D eigenvalue weighted by Crippen LogP contribution is 2.25. The lowest BCUT2D eigenvalue weighted by atomic mass is 10.1. The van der Waals surface area contributed by atoms with E-state index >= 15 is 0 Å². The number of rotatable bonds is 8. The highest BCUT2D eigenvalue weighted by molar-refractivity contribution is 7.94. The fraction of sp³-hybridized carbons (Fsp3) is 0.250. The Morgan fingerprint density at radius 2 is 1.82 bits per heavy atom. The van der Waals surface area contributed by atoms with Crippen LogP contribution in [-0.2, 0) is 14.8 Å². The van der Waals surface area contributed by atoms with Gasteiger partial charge >= 0.3 is 0 Å². The van der Waals surface area contributed by atoms with Crippen molar-refractivity contribution in [3.05, 3.63) is 77.2 Å². The molecule has 8 nitrogen and oxygen atoms in total. The smallest absolute Gasteiger partial charge is 0.273 e. The molecule has 2 amide bonds. The number of nitrogens with one attached hydrogen (secondary N) is 2. The largest absolute Gasteiger partial charge is 0.376 e. The van der Waals surface area contributed by atoms with Crippen molar-refractivity contribution < 1.29 is 22.7 Å². The van der Waals surface area contributed by atoms with Crippen molar-refractivity contribution in [2.45, 2.75) is 23.2 Å². The van der Waals surface area contributed by atoms with E-state index in [0.717, 1.165) is 24.2 Å². The van der Waals surface area contributed by atoms with Crippen molar-refractivity contribution in [2.24, 2.45) is 0 Å². The van der Waals surface area contributed by atoms with Crippen LogP contribution in [0.5, 0.6) is 0 Å². The number of benzene rings is 2. The van der Waals surface area contributed by atoms with E-state index in [1.165, 1.54) is 11.4 Å². The van der Waals surface area contributed by atoms with Crippen molar-refractivity contribution in [3.63, 3.8) is 0 Å². The number of amides is 2. The summed E-state index contributed by atoms with van der Waals surface area (Å²) >= 11 is 1.14. The van der Waals surface area contributed by atoms with Gasteiger partial charge in [-0.05, 0) is 60.7 Å². The number of carbonyl (C=O) groups is 2. The second-order valence-electron chi connectivity index (χ2n) is 7.80. The molecule has 34 heavy (non-hydrogen) atoms. The van der Waals surface area contributed by atoms with E-state index < -0.39 is 15.9 Å². The van der Waals surface area contributed by atoms with Gasteiger partial charge in [-0.1, -0.05) is 18.2 Å². The molecule has 10 heteroatoms. The first-order valence-corrected chi connectivity index (χ1v) is 13.1. The Balaban J connectivity index is 1.43. The number of hydrogen-bond acceptors (Lipinski definition) is 6. The van der Waals surface area contributed by atoms with E-state index in [9.17, 15) is 18.0 Å². The Morgan fingerprint density at radius 1 is 1.06 bits per heavy atom. The molecule has 4 rings (SSSR count). The van der Waals surface area contributed by atoms with Crippen LogP contribution in [0.2, 0.25) is 0 Å². The van der Waals surface area contributed by atoms with Crippen LogP contribution in [0.1, 0.15) is 33.6 Å². The van der Waals surface area contributed by atoms with Gasteiger partial charge in [-0.3, -0.25) is 13.9 Å². The molecule has 1 saturated heterocycles. The van der Waals surface area contributed by atoms with E-state index in [1.54, 1.807) is 66.0 Å². The number of sulfonamides is 1. The summed E-state index contributed by atoms with van der Waals surface area (Å²) in [5.74, 6) is -0.697. The molecule has 1 fully saturated rings. The van der Waals surface area contributed by atoms with Crippen LogP contribution in [0, 0.1) is 0 Å². The number of hydrogen-bond donors (Lipinski definition) is 2. The van der Waals surface area contributed by atoms with Gasteiger partial charge in [0.15, 0.2) is 0 Å². The molecule has 1 aliphatic rings. The molecule has 0 radical (unpaired) electrons. The Labute approximate surface area is 202 Å². The molecular formula is C24H25N3O5S2. The number of anilines is 2. The predicted molar refractivity (Wildman–Crippen MR) is 132 cm³/mol. The topological polar surface area (TPSA) is 105 Å². The van der Waals surface area contributed by atoms with Gasteiger partial charge in [-0.25, -0.2) is 8.42 Å². The molecular weight excluding hydrogens is 474 g/mol. The van der Waals surface area contributed by atoms with Gasteiger partial charge in [0.05, 0.1) is 23.0 Å². The zero-order valence-electron chi connectivity index (χ0n) is 18.6. The first kappa shape index (κ1) is 23.9. The number of ether oxygens (including phenoxy) is 1. The lowest BCUT2D eigenvalue weighted by Gasteiger charge is -2.18. The van der Waals surface area contributed by atoms with Crippen molar-refractivity contribution in [2.75, 3.05) is 29.8 Å². The van der Waals surface area contributed by atoms with Gasteiger partial charge in [-0.15, -0.1) is 11.3 Å². The highest BCUT2D eigenvalue weighted by atomic mass is 32.2. The Bertz CT molecular complexity index is 1250. The van der Waals surface area contributed by atoms with Crippen LogP contribution in [0.15, 0.2) is 70.3 Å². The Hall–Kier alpha value is -3.21. The van der Waals surface area contributed by atoms with E-state index in [2.05, 4.69) is 10.6 Å². The van der Waals surface area contributed by atoms with Gasteiger partial charge in [0.2, 0.25) is 0 Å². The summed E-state index contributed by atoms with van der Waals surface area (Å²) < 4.78 is 32.4. The average Bonchev–Trinajstić information content (AvgIpc) is 3.57. The molecule has 0 saturated carbocycles. The van der Waals surface area contributed by atoms with Crippen LogP contribution >= 0.6 is 11.3 Å². The lowest BCUT2D eigenvalue weighted by molar-refractivity contribution is 0.0858. The number of thiophene rings is 1. The van der Waals surface area contributed by atoms with Crippen LogP contribution in [0.25, 0.3) is 0 Å². The summed E-state index contributed by atoms with van der Waals surface area (Å²) in [7, 11) is -2.19. The standard InChI is InChI=1S/C24H25N3O5S2/c1-27(34(30,31)22-9-5-15-33-22)18-12-10-17(11-13-18)23(28)26-21-8-3-2-7-20(21)24(29)25-16-19-6-4-14-32-19/h2-3,5,7-13,15,19H,4,6,14,16H2,1H3,(H,25,29)(H,26,28)/t19-/m0/s1. The molecule has 178 valence electrons. The van der Waals surface area contributed by atoms with E-state index in [0.29, 0.717) is 35.7 Å². The minimum Gasteiger partial charge on any atom is -0.376 e. The fourth-order valence-electron chi connectivity index (χ4n) is 3.60. The zero-order valence-corrected chi connectivity index (χ0v) is 20.2. The van der Waals surface area contributed by atoms with E-state index in [4.69, 9.17) is 4.74 Å². The third-order valence-corrected chi connectivity index (χ3v) is 8.70. The SMILES string of the molecule is CN(c1ccc(C(=O)Nc2ccccc2C(=O)NC[C@@H]2CCCO2)cc1)S(=O)(=O)c1cccs1. The monoisotopic (exact) mass is 499 g/mol.